The van der Waals surface area contributed by atoms with E-state index in [0.29, 0.717) is 6.61 Å². The second-order valence-electron chi connectivity index (χ2n) is 4.38. The molecule has 1 rings (SSSR count). The molecule has 0 aliphatic rings. The molecule has 0 spiro atoms. The molecular weight excluding hydrogens is 200 g/mol. The van der Waals surface area contributed by atoms with Crippen molar-refractivity contribution in [3.05, 3.63) is 29.3 Å². The lowest BCUT2D eigenvalue weighted by Gasteiger charge is -2.10. The smallest absolute Gasteiger partial charge is 0.119 e. The number of hydrogen-bond acceptors (Lipinski definition) is 2. The fraction of sp³-hybridized carbons (Fsp3) is 0.571. The van der Waals surface area contributed by atoms with E-state index in [4.69, 9.17) is 4.74 Å². The fourth-order valence-corrected chi connectivity index (χ4v) is 1.73. The third kappa shape index (κ3) is 4.67. The van der Waals surface area contributed by atoms with Gasteiger partial charge in [-0.1, -0.05) is 13.0 Å². The van der Waals surface area contributed by atoms with Crippen LogP contribution in [-0.2, 0) is 0 Å². The minimum atomic E-state index is -0.178. The Morgan fingerprint density at radius 3 is 2.38 bits per heavy atom. The van der Waals surface area contributed by atoms with Gasteiger partial charge in [0, 0.05) is 0 Å². The highest BCUT2D eigenvalue weighted by atomic mass is 16.5. The summed E-state index contributed by atoms with van der Waals surface area (Å²) in [7, 11) is 0. The number of rotatable bonds is 6. The molecule has 0 heterocycles. The minimum Gasteiger partial charge on any atom is -0.494 e. The molecule has 0 aliphatic carbocycles. The van der Waals surface area contributed by atoms with Crippen LogP contribution in [0.1, 0.15) is 37.3 Å². The predicted octanol–water partition coefficient (Wildman–Crippen LogP) is 3.23. The van der Waals surface area contributed by atoms with E-state index in [1.54, 1.807) is 0 Å². The first-order valence-electron chi connectivity index (χ1n) is 6.01. The van der Waals surface area contributed by atoms with E-state index in [0.717, 1.165) is 25.0 Å². The second-order valence-corrected chi connectivity index (χ2v) is 4.38. The average molecular weight is 222 g/mol. The number of ether oxygens (including phenoxy) is 1. The van der Waals surface area contributed by atoms with E-state index in [-0.39, 0.29) is 6.10 Å². The Morgan fingerprint density at radius 2 is 1.81 bits per heavy atom. The van der Waals surface area contributed by atoms with E-state index in [1.807, 2.05) is 19.1 Å². The van der Waals surface area contributed by atoms with Crippen LogP contribution in [0.4, 0.5) is 0 Å². The summed E-state index contributed by atoms with van der Waals surface area (Å²) in [5.74, 6) is 0.934. The largest absolute Gasteiger partial charge is 0.494 e. The molecule has 2 nitrogen and oxygen atoms in total. The molecule has 1 unspecified atom stereocenters. The lowest BCUT2D eigenvalue weighted by molar-refractivity contribution is 0.148. The van der Waals surface area contributed by atoms with Gasteiger partial charge in [0.15, 0.2) is 0 Å². The molecule has 1 aromatic rings. The van der Waals surface area contributed by atoms with E-state index < -0.39 is 0 Å². The topological polar surface area (TPSA) is 29.5 Å². The van der Waals surface area contributed by atoms with Crippen molar-refractivity contribution in [3.63, 3.8) is 0 Å². The van der Waals surface area contributed by atoms with Gasteiger partial charge < -0.3 is 9.84 Å². The van der Waals surface area contributed by atoms with Gasteiger partial charge in [0.05, 0.1) is 12.7 Å². The summed E-state index contributed by atoms with van der Waals surface area (Å²) >= 11 is 0. The van der Waals surface area contributed by atoms with Gasteiger partial charge in [0.1, 0.15) is 5.75 Å². The van der Waals surface area contributed by atoms with Crippen molar-refractivity contribution < 1.29 is 9.84 Å². The van der Waals surface area contributed by atoms with Gasteiger partial charge in [-0.05, 0) is 56.4 Å². The Morgan fingerprint density at radius 1 is 1.19 bits per heavy atom. The quantitative estimate of drug-likeness (QED) is 0.749. The lowest BCUT2D eigenvalue weighted by Crippen LogP contribution is -2.07. The summed E-state index contributed by atoms with van der Waals surface area (Å²) in [6.45, 7) is 6.82. The summed E-state index contributed by atoms with van der Waals surface area (Å²) < 4.78 is 5.65. The molecule has 0 radical (unpaired) electrons. The van der Waals surface area contributed by atoms with Crippen LogP contribution in [0.2, 0.25) is 0 Å². The molecule has 16 heavy (non-hydrogen) atoms. The van der Waals surface area contributed by atoms with Crippen LogP contribution in [0.25, 0.3) is 0 Å². The van der Waals surface area contributed by atoms with Gasteiger partial charge in [-0.2, -0.15) is 0 Å². The third-order valence-corrected chi connectivity index (χ3v) is 2.62. The maximum absolute atomic E-state index is 9.39. The molecule has 1 atom stereocenters. The highest BCUT2D eigenvalue weighted by Crippen LogP contribution is 2.16. The van der Waals surface area contributed by atoms with E-state index in [1.165, 1.54) is 11.1 Å². The molecule has 0 aliphatic heterocycles. The van der Waals surface area contributed by atoms with Crippen molar-refractivity contribution in [2.45, 2.75) is 46.1 Å². The molecular formula is C14H22O2. The zero-order valence-corrected chi connectivity index (χ0v) is 10.5. The van der Waals surface area contributed by atoms with Crippen molar-refractivity contribution in [3.8, 4) is 5.75 Å². The van der Waals surface area contributed by atoms with Crippen molar-refractivity contribution in [2.24, 2.45) is 0 Å². The van der Waals surface area contributed by atoms with E-state index in [2.05, 4.69) is 19.9 Å². The molecule has 2 heteroatoms. The van der Waals surface area contributed by atoms with Crippen LogP contribution in [0, 0.1) is 13.8 Å². The molecule has 0 fully saturated rings. The first-order valence-corrected chi connectivity index (χ1v) is 6.01. The Hall–Kier alpha value is -1.02. The fourth-order valence-electron chi connectivity index (χ4n) is 1.73. The molecule has 0 saturated heterocycles. The normalized spacial score (nSPS) is 12.5. The van der Waals surface area contributed by atoms with E-state index in [9.17, 15) is 5.11 Å². The zero-order valence-electron chi connectivity index (χ0n) is 10.5. The third-order valence-electron chi connectivity index (χ3n) is 2.62. The highest BCUT2D eigenvalue weighted by Gasteiger charge is 2.01. The lowest BCUT2D eigenvalue weighted by atomic mass is 10.1. The monoisotopic (exact) mass is 222 g/mol. The Balaban J connectivity index is 2.32. The van der Waals surface area contributed by atoms with Crippen LogP contribution in [0.15, 0.2) is 18.2 Å². The molecule has 90 valence electrons. The maximum atomic E-state index is 9.39. The molecule has 0 saturated carbocycles. The summed E-state index contributed by atoms with van der Waals surface area (Å²) in [5, 5.41) is 9.39. The summed E-state index contributed by atoms with van der Waals surface area (Å²) in [6, 6.07) is 6.22. The van der Waals surface area contributed by atoms with Crippen LogP contribution >= 0.6 is 0 Å². The Bertz CT molecular complexity index is 300. The van der Waals surface area contributed by atoms with Crippen LogP contribution in [-0.4, -0.2) is 17.8 Å². The van der Waals surface area contributed by atoms with E-state index >= 15 is 0 Å². The van der Waals surface area contributed by atoms with Gasteiger partial charge in [-0.3, -0.25) is 0 Å². The molecule has 0 aromatic heterocycles. The summed E-state index contributed by atoms with van der Waals surface area (Å²) in [4.78, 5) is 0. The first-order chi connectivity index (χ1) is 7.61. The number of hydrogen-bond donors (Lipinski definition) is 1. The van der Waals surface area contributed by atoms with Gasteiger partial charge in [0.25, 0.3) is 0 Å². The van der Waals surface area contributed by atoms with Gasteiger partial charge in [-0.25, -0.2) is 0 Å². The molecule has 1 N–H and O–H groups in total. The molecule has 0 bridgehead atoms. The first kappa shape index (κ1) is 13.0. The van der Waals surface area contributed by atoms with Crippen LogP contribution in [0.3, 0.4) is 0 Å². The average Bonchev–Trinajstić information content (AvgIpc) is 2.22. The van der Waals surface area contributed by atoms with Crippen LogP contribution in [0.5, 0.6) is 5.75 Å². The van der Waals surface area contributed by atoms with Crippen molar-refractivity contribution in [2.75, 3.05) is 6.61 Å². The number of benzene rings is 1. The summed E-state index contributed by atoms with van der Waals surface area (Å²) in [6.07, 6.45) is 2.37. The van der Waals surface area contributed by atoms with Crippen molar-refractivity contribution in [1.29, 1.82) is 0 Å². The zero-order chi connectivity index (χ0) is 12.0. The standard InChI is InChI=1S/C14H22O2/c1-4-13(15)6-5-7-16-14-9-11(2)8-12(3)10-14/h8-10,13,15H,4-7H2,1-3H3. The van der Waals surface area contributed by atoms with Crippen molar-refractivity contribution >= 4 is 0 Å². The molecule has 1 aromatic carbocycles. The number of aliphatic hydroxyl groups excluding tert-OH is 1. The van der Waals surface area contributed by atoms with Crippen LogP contribution < -0.4 is 4.74 Å². The highest BCUT2D eigenvalue weighted by molar-refractivity contribution is 5.32. The SMILES string of the molecule is CCC(O)CCCOc1cc(C)cc(C)c1. The van der Waals surface area contributed by atoms with Gasteiger partial charge >= 0.3 is 0 Å². The Labute approximate surface area is 98.3 Å². The Kier molecular flexibility index (Phi) is 5.33. The predicted molar refractivity (Wildman–Crippen MR) is 66.9 cm³/mol. The summed E-state index contributed by atoms with van der Waals surface area (Å²) in [5.41, 5.74) is 2.45. The van der Waals surface area contributed by atoms with Crippen molar-refractivity contribution in [1.82, 2.24) is 0 Å². The van der Waals surface area contributed by atoms with Gasteiger partial charge in [-0.15, -0.1) is 0 Å². The number of aryl methyl sites for hydroxylation is 2. The number of aliphatic hydroxyl groups is 1. The maximum Gasteiger partial charge on any atom is 0.119 e. The minimum absolute atomic E-state index is 0.178. The second kappa shape index (κ2) is 6.54. The van der Waals surface area contributed by atoms with Gasteiger partial charge in [0.2, 0.25) is 0 Å². The molecule has 0 amide bonds.